The maximum atomic E-state index is 12.8. The summed E-state index contributed by atoms with van der Waals surface area (Å²) in [5, 5.41) is 3.09. The summed E-state index contributed by atoms with van der Waals surface area (Å²) < 4.78 is 12.9. The molecule has 1 unspecified atom stereocenters. The summed E-state index contributed by atoms with van der Waals surface area (Å²) in [5.41, 5.74) is 1.10. The third kappa shape index (κ3) is 6.71. The molecule has 1 saturated heterocycles. The third-order valence-corrected chi connectivity index (χ3v) is 6.18. The summed E-state index contributed by atoms with van der Waals surface area (Å²) in [6, 6.07) is 7.96. The standard InChI is InChI=1S/C26H34N6O3/c1-3-35-23-16-20(7-8-22(23)34-2)9-11-29-26(33)17-21-6-4-5-14-32(21)25-10-12-28-24(30-25)18-31-15-13-27-19-31/h7-8,10,12-13,15-16,19,21H,3-6,9,11,14,17-18H2,1-2H3,(H,29,33). The SMILES string of the molecule is CCOc1cc(CCNC(=O)CC2CCCCN2c2ccnc(Cn3ccnc3)n2)ccc1OC. The van der Waals surface area contributed by atoms with Gasteiger partial charge in [-0.2, -0.15) is 0 Å². The molecule has 3 aromatic rings. The number of anilines is 1. The fraction of sp³-hybridized carbons (Fsp3) is 0.462. The molecule has 1 aliphatic heterocycles. The lowest BCUT2D eigenvalue weighted by Gasteiger charge is -2.36. The van der Waals surface area contributed by atoms with Crippen LogP contribution < -0.4 is 19.7 Å². The summed E-state index contributed by atoms with van der Waals surface area (Å²) in [5.74, 6) is 3.13. The molecule has 0 saturated carbocycles. The Labute approximate surface area is 206 Å². The van der Waals surface area contributed by atoms with Crippen LogP contribution in [0.5, 0.6) is 11.5 Å². The van der Waals surface area contributed by atoms with Crippen LogP contribution in [0, 0.1) is 0 Å². The number of hydrogen-bond acceptors (Lipinski definition) is 7. The van der Waals surface area contributed by atoms with Crippen molar-refractivity contribution in [3.63, 3.8) is 0 Å². The van der Waals surface area contributed by atoms with Crippen LogP contribution in [0.25, 0.3) is 0 Å². The number of amides is 1. The van der Waals surface area contributed by atoms with Gasteiger partial charge in [0.25, 0.3) is 0 Å². The molecule has 0 bridgehead atoms. The van der Waals surface area contributed by atoms with Crippen LogP contribution in [-0.2, 0) is 17.8 Å². The van der Waals surface area contributed by atoms with Gasteiger partial charge in [0.1, 0.15) is 11.6 Å². The normalized spacial score (nSPS) is 15.6. The van der Waals surface area contributed by atoms with Gasteiger partial charge in [-0.1, -0.05) is 6.07 Å². The number of piperidine rings is 1. The first kappa shape index (κ1) is 24.5. The van der Waals surface area contributed by atoms with Gasteiger partial charge < -0.3 is 24.3 Å². The number of methoxy groups -OCH3 is 1. The van der Waals surface area contributed by atoms with Crippen molar-refractivity contribution in [2.24, 2.45) is 0 Å². The third-order valence-electron chi connectivity index (χ3n) is 6.18. The van der Waals surface area contributed by atoms with Gasteiger partial charge in [0.2, 0.25) is 5.91 Å². The molecule has 1 N–H and O–H groups in total. The van der Waals surface area contributed by atoms with Crippen LogP contribution in [0.15, 0.2) is 49.2 Å². The largest absolute Gasteiger partial charge is 0.493 e. The minimum absolute atomic E-state index is 0.0631. The Morgan fingerprint density at radius 1 is 1.20 bits per heavy atom. The van der Waals surface area contributed by atoms with Gasteiger partial charge in [0.15, 0.2) is 11.5 Å². The number of imidazole rings is 1. The Bertz CT molecular complexity index is 1090. The molecule has 2 aromatic heterocycles. The van der Waals surface area contributed by atoms with Crippen LogP contribution in [0.1, 0.15) is 44.0 Å². The van der Waals surface area contributed by atoms with Crippen LogP contribution in [0.4, 0.5) is 5.82 Å². The van der Waals surface area contributed by atoms with E-state index in [1.807, 2.05) is 42.0 Å². The summed E-state index contributed by atoms with van der Waals surface area (Å²) in [7, 11) is 1.63. The number of rotatable bonds is 11. The van der Waals surface area contributed by atoms with Crippen molar-refractivity contribution in [3.05, 3.63) is 60.6 Å². The molecule has 9 nitrogen and oxygen atoms in total. The Morgan fingerprint density at radius 3 is 2.91 bits per heavy atom. The van der Waals surface area contributed by atoms with Crippen LogP contribution >= 0.6 is 0 Å². The molecule has 4 rings (SSSR count). The van der Waals surface area contributed by atoms with Gasteiger partial charge in [0.05, 0.1) is 26.6 Å². The van der Waals surface area contributed by atoms with Gasteiger partial charge in [-0.3, -0.25) is 4.79 Å². The second-order valence-corrected chi connectivity index (χ2v) is 8.63. The van der Waals surface area contributed by atoms with E-state index >= 15 is 0 Å². The molecule has 3 heterocycles. The van der Waals surface area contributed by atoms with E-state index in [2.05, 4.69) is 20.2 Å². The number of ether oxygens (including phenoxy) is 2. The quantitative estimate of drug-likeness (QED) is 0.452. The first-order chi connectivity index (χ1) is 17.2. The molecule has 186 valence electrons. The van der Waals surface area contributed by atoms with Crippen molar-refractivity contribution in [1.82, 2.24) is 24.8 Å². The van der Waals surface area contributed by atoms with Gasteiger partial charge in [0, 0.05) is 44.1 Å². The monoisotopic (exact) mass is 478 g/mol. The van der Waals surface area contributed by atoms with E-state index in [-0.39, 0.29) is 11.9 Å². The average Bonchev–Trinajstić information content (AvgIpc) is 3.38. The Hall–Kier alpha value is -3.62. The predicted octanol–water partition coefficient (Wildman–Crippen LogP) is 3.24. The zero-order valence-corrected chi connectivity index (χ0v) is 20.5. The van der Waals surface area contributed by atoms with Crippen molar-refractivity contribution < 1.29 is 14.3 Å². The minimum atomic E-state index is 0.0631. The topological polar surface area (TPSA) is 94.4 Å². The second-order valence-electron chi connectivity index (χ2n) is 8.63. The number of aromatic nitrogens is 4. The molecule has 1 aromatic carbocycles. The Balaban J connectivity index is 1.32. The zero-order valence-electron chi connectivity index (χ0n) is 20.5. The van der Waals surface area contributed by atoms with Gasteiger partial charge in [-0.05, 0) is 56.4 Å². The van der Waals surface area contributed by atoms with Crippen molar-refractivity contribution >= 4 is 11.7 Å². The Morgan fingerprint density at radius 2 is 2.11 bits per heavy atom. The molecule has 0 radical (unpaired) electrons. The van der Waals surface area contributed by atoms with Crippen molar-refractivity contribution in [1.29, 1.82) is 0 Å². The molecule has 1 amide bonds. The lowest BCUT2D eigenvalue weighted by molar-refractivity contribution is -0.121. The highest BCUT2D eigenvalue weighted by Gasteiger charge is 2.26. The summed E-state index contributed by atoms with van der Waals surface area (Å²) >= 11 is 0. The maximum Gasteiger partial charge on any atom is 0.222 e. The number of carbonyl (C=O) groups excluding carboxylic acids is 1. The predicted molar refractivity (Wildman–Crippen MR) is 134 cm³/mol. The average molecular weight is 479 g/mol. The first-order valence-corrected chi connectivity index (χ1v) is 12.3. The van der Waals surface area contributed by atoms with E-state index in [0.717, 1.165) is 60.9 Å². The van der Waals surface area contributed by atoms with Crippen LogP contribution in [0.3, 0.4) is 0 Å². The highest BCUT2D eigenvalue weighted by Crippen LogP contribution is 2.28. The molecular formula is C26H34N6O3. The number of nitrogens with one attached hydrogen (secondary N) is 1. The van der Waals surface area contributed by atoms with E-state index in [1.165, 1.54) is 0 Å². The molecule has 0 aliphatic carbocycles. The summed E-state index contributed by atoms with van der Waals surface area (Å²) in [4.78, 5) is 28.3. The number of nitrogens with zero attached hydrogens (tertiary/aromatic N) is 5. The Kier molecular flexibility index (Phi) is 8.53. The van der Waals surface area contributed by atoms with E-state index in [0.29, 0.717) is 26.1 Å². The van der Waals surface area contributed by atoms with Crippen LogP contribution in [-0.4, -0.2) is 58.3 Å². The molecular weight excluding hydrogens is 444 g/mol. The van der Waals surface area contributed by atoms with Crippen molar-refractivity contribution in [2.75, 3.05) is 31.7 Å². The maximum absolute atomic E-state index is 12.8. The fourth-order valence-electron chi connectivity index (χ4n) is 4.46. The molecule has 1 fully saturated rings. The minimum Gasteiger partial charge on any atom is -0.493 e. The summed E-state index contributed by atoms with van der Waals surface area (Å²) in [6.45, 7) is 4.56. The van der Waals surface area contributed by atoms with Crippen LogP contribution in [0.2, 0.25) is 0 Å². The van der Waals surface area contributed by atoms with Gasteiger partial charge >= 0.3 is 0 Å². The molecule has 35 heavy (non-hydrogen) atoms. The highest BCUT2D eigenvalue weighted by atomic mass is 16.5. The van der Waals surface area contributed by atoms with Crippen molar-refractivity contribution in [3.8, 4) is 11.5 Å². The number of carbonyl (C=O) groups is 1. The number of benzene rings is 1. The van der Waals surface area contributed by atoms with E-state index in [9.17, 15) is 4.79 Å². The lowest BCUT2D eigenvalue weighted by Crippen LogP contribution is -2.43. The van der Waals surface area contributed by atoms with E-state index < -0.39 is 0 Å². The molecule has 1 aliphatic rings. The molecule has 0 spiro atoms. The van der Waals surface area contributed by atoms with Crippen molar-refractivity contribution in [2.45, 2.75) is 51.6 Å². The first-order valence-electron chi connectivity index (χ1n) is 12.3. The number of hydrogen-bond donors (Lipinski definition) is 1. The van der Waals surface area contributed by atoms with E-state index in [1.54, 1.807) is 25.8 Å². The molecule has 9 heteroatoms. The molecule has 1 atom stereocenters. The summed E-state index contributed by atoms with van der Waals surface area (Å²) in [6.07, 6.45) is 11.6. The van der Waals surface area contributed by atoms with Gasteiger partial charge in [-0.25, -0.2) is 15.0 Å². The highest BCUT2D eigenvalue weighted by molar-refractivity contribution is 5.77. The van der Waals surface area contributed by atoms with Gasteiger partial charge in [-0.15, -0.1) is 0 Å². The van der Waals surface area contributed by atoms with E-state index in [4.69, 9.17) is 14.5 Å². The lowest BCUT2D eigenvalue weighted by atomic mass is 9.99. The second kappa shape index (κ2) is 12.2. The smallest absolute Gasteiger partial charge is 0.222 e. The fourth-order valence-corrected chi connectivity index (χ4v) is 4.46. The zero-order chi connectivity index (χ0) is 24.5.